The molecule has 4 nitrogen and oxygen atoms in total. The molecule has 2 atom stereocenters. The van der Waals surface area contributed by atoms with E-state index in [2.05, 4.69) is 65.5 Å². The van der Waals surface area contributed by atoms with E-state index in [0.717, 1.165) is 32.7 Å². The predicted molar refractivity (Wildman–Crippen MR) is 111 cm³/mol. The third-order valence-electron chi connectivity index (χ3n) is 6.07. The van der Waals surface area contributed by atoms with Gasteiger partial charge in [-0.2, -0.15) is 0 Å². The minimum Gasteiger partial charge on any atom is -0.310 e. The number of aryl methyl sites for hydroxylation is 2. The number of fused-ring (bicyclic) bond motifs is 1. The van der Waals surface area contributed by atoms with Crippen LogP contribution >= 0.6 is 0 Å². The molecule has 1 aliphatic carbocycles. The van der Waals surface area contributed by atoms with E-state index >= 15 is 0 Å². The van der Waals surface area contributed by atoms with Gasteiger partial charge in [0.25, 0.3) is 0 Å². The fourth-order valence-electron chi connectivity index (χ4n) is 4.60. The number of likely N-dealkylation sites (N-methyl/N-ethyl adjacent to an activating group) is 1. The lowest BCUT2D eigenvalue weighted by atomic mass is 9.91. The molecule has 0 bridgehead atoms. The minimum absolute atomic E-state index is 0.462. The van der Waals surface area contributed by atoms with E-state index in [1.807, 2.05) is 6.20 Å². The second kappa shape index (κ2) is 8.51. The minimum atomic E-state index is 0.462. The Kier molecular flexibility index (Phi) is 5.86. The van der Waals surface area contributed by atoms with Gasteiger partial charge in [0.05, 0.1) is 11.7 Å². The first kappa shape index (κ1) is 18.6. The Morgan fingerprint density at radius 2 is 2.07 bits per heavy atom. The summed E-state index contributed by atoms with van der Waals surface area (Å²) in [4.78, 5) is 9.84. The normalized spacial score (nSPS) is 23.4. The van der Waals surface area contributed by atoms with Gasteiger partial charge >= 0.3 is 0 Å². The van der Waals surface area contributed by atoms with Crippen LogP contribution in [0.5, 0.6) is 0 Å². The topological polar surface area (TPSA) is 31.4 Å². The van der Waals surface area contributed by atoms with Crippen molar-refractivity contribution in [2.24, 2.45) is 0 Å². The Balaban J connectivity index is 1.36. The molecule has 0 spiro atoms. The third kappa shape index (κ3) is 4.57. The summed E-state index contributed by atoms with van der Waals surface area (Å²) in [7, 11) is 2.27. The number of hydrogen-bond donors (Lipinski definition) is 1. The fourth-order valence-corrected chi connectivity index (χ4v) is 4.60. The predicted octanol–water partition coefficient (Wildman–Crippen LogP) is 3.17. The van der Waals surface area contributed by atoms with Gasteiger partial charge in [-0.05, 0) is 50.4 Å². The monoisotopic (exact) mass is 364 g/mol. The molecule has 2 heterocycles. The van der Waals surface area contributed by atoms with E-state index in [1.54, 1.807) is 0 Å². The summed E-state index contributed by atoms with van der Waals surface area (Å²) in [6.45, 7) is 7.59. The molecule has 1 aromatic heterocycles. The zero-order chi connectivity index (χ0) is 18.6. The van der Waals surface area contributed by atoms with Crippen LogP contribution in [0.1, 0.15) is 41.3 Å². The molecule has 0 radical (unpaired) electrons. The molecule has 0 unspecified atom stereocenters. The smallest absolute Gasteiger partial charge is 0.0607 e. The van der Waals surface area contributed by atoms with Gasteiger partial charge in [-0.3, -0.25) is 14.8 Å². The van der Waals surface area contributed by atoms with Crippen molar-refractivity contribution in [1.82, 2.24) is 20.1 Å². The third-order valence-corrected chi connectivity index (χ3v) is 6.07. The van der Waals surface area contributed by atoms with Crippen molar-refractivity contribution in [1.29, 1.82) is 0 Å². The second-order valence-corrected chi connectivity index (χ2v) is 8.27. The van der Waals surface area contributed by atoms with Crippen LogP contribution in [0.25, 0.3) is 0 Å². The Morgan fingerprint density at radius 3 is 2.93 bits per heavy atom. The van der Waals surface area contributed by atoms with Crippen molar-refractivity contribution in [2.45, 2.75) is 44.8 Å². The molecule has 0 amide bonds. The van der Waals surface area contributed by atoms with E-state index < -0.39 is 0 Å². The van der Waals surface area contributed by atoms with Crippen molar-refractivity contribution in [3.63, 3.8) is 0 Å². The fraction of sp³-hybridized carbons (Fsp3) is 0.522. The van der Waals surface area contributed by atoms with Gasteiger partial charge in [-0.15, -0.1) is 0 Å². The van der Waals surface area contributed by atoms with Gasteiger partial charge in [0.1, 0.15) is 0 Å². The highest BCUT2D eigenvalue weighted by Gasteiger charge is 2.28. The van der Waals surface area contributed by atoms with Crippen molar-refractivity contribution in [3.05, 3.63) is 65.0 Å². The Labute approximate surface area is 163 Å². The van der Waals surface area contributed by atoms with Crippen LogP contribution in [0, 0.1) is 6.92 Å². The quantitative estimate of drug-likeness (QED) is 0.883. The van der Waals surface area contributed by atoms with Gasteiger partial charge in [-0.1, -0.05) is 35.9 Å². The highest BCUT2D eigenvalue weighted by Crippen LogP contribution is 2.31. The number of nitrogens with one attached hydrogen (secondary N) is 1. The highest BCUT2D eigenvalue weighted by molar-refractivity contribution is 5.25. The molecule has 27 heavy (non-hydrogen) atoms. The van der Waals surface area contributed by atoms with Crippen LogP contribution in [0.2, 0.25) is 0 Å². The van der Waals surface area contributed by atoms with Crippen LogP contribution in [-0.4, -0.2) is 54.1 Å². The summed E-state index contributed by atoms with van der Waals surface area (Å²) >= 11 is 0. The number of rotatable bonds is 5. The first-order valence-corrected chi connectivity index (χ1v) is 10.3. The molecule has 1 N–H and O–H groups in total. The molecule has 144 valence electrons. The number of pyridine rings is 1. The standard InChI is InChI=1S/C23H32N4/c1-18-8-10-19(11-9-18)15-27-14-13-24-21(17-27)16-26(2)22-7-3-5-20-6-4-12-25-23(20)22/h4,6,8-12,21-22,24H,3,5,7,13-17H2,1-2H3/t21-,22+/m1/s1. The van der Waals surface area contributed by atoms with E-state index in [-0.39, 0.29) is 0 Å². The number of benzene rings is 1. The average molecular weight is 365 g/mol. The first-order chi connectivity index (χ1) is 13.2. The molecule has 2 aromatic rings. The lowest BCUT2D eigenvalue weighted by Crippen LogP contribution is -2.54. The Morgan fingerprint density at radius 1 is 1.22 bits per heavy atom. The SMILES string of the molecule is Cc1ccc(CN2CCN[C@H](CN(C)[C@H]3CCCc4cccnc43)C2)cc1. The molecule has 1 aliphatic heterocycles. The maximum Gasteiger partial charge on any atom is 0.0607 e. The Hall–Kier alpha value is -1.75. The molecule has 4 heteroatoms. The van der Waals surface area contributed by atoms with E-state index in [9.17, 15) is 0 Å². The summed E-state index contributed by atoms with van der Waals surface area (Å²) in [5.74, 6) is 0. The number of aromatic nitrogens is 1. The lowest BCUT2D eigenvalue weighted by Gasteiger charge is -2.39. The molecule has 1 fully saturated rings. The van der Waals surface area contributed by atoms with Gasteiger partial charge < -0.3 is 5.32 Å². The zero-order valence-corrected chi connectivity index (χ0v) is 16.7. The van der Waals surface area contributed by atoms with Crippen LogP contribution in [0.4, 0.5) is 0 Å². The molecular formula is C23H32N4. The van der Waals surface area contributed by atoms with Crippen molar-refractivity contribution < 1.29 is 0 Å². The van der Waals surface area contributed by atoms with Gasteiger partial charge in [-0.25, -0.2) is 0 Å². The molecule has 1 saturated heterocycles. The number of nitrogens with zero attached hydrogens (tertiary/aromatic N) is 3. The maximum absolute atomic E-state index is 4.72. The van der Waals surface area contributed by atoms with Crippen molar-refractivity contribution in [3.8, 4) is 0 Å². The molecule has 4 rings (SSSR count). The van der Waals surface area contributed by atoms with E-state index in [1.165, 1.54) is 41.6 Å². The van der Waals surface area contributed by atoms with E-state index in [4.69, 9.17) is 4.98 Å². The average Bonchev–Trinajstić information content (AvgIpc) is 2.69. The van der Waals surface area contributed by atoms with Gasteiger partial charge in [0.2, 0.25) is 0 Å². The van der Waals surface area contributed by atoms with Gasteiger partial charge in [0, 0.05) is 45.0 Å². The zero-order valence-electron chi connectivity index (χ0n) is 16.7. The molecule has 1 aromatic carbocycles. The Bertz CT molecular complexity index is 742. The largest absolute Gasteiger partial charge is 0.310 e. The van der Waals surface area contributed by atoms with Crippen LogP contribution in [0.15, 0.2) is 42.6 Å². The summed E-state index contributed by atoms with van der Waals surface area (Å²) in [5, 5.41) is 3.73. The van der Waals surface area contributed by atoms with Gasteiger partial charge in [0.15, 0.2) is 0 Å². The maximum atomic E-state index is 4.72. The summed E-state index contributed by atoms with van der Waals surface area (Å²) in [6.07, 6.45) is 5.62. The lowest BCUT2D eigenvalue weighted by molar-refractivity contribution is 0.137. The molecule has 0 saturated carbocycles. The van der Waals surface area contributed by atoms with Crippen molar-refractivity contribution in [2.75, 3.05) is 33.2 Å². The second-order valence-electron chi connectivity index (χ2n) is 8.27. The highest BCUT2D eigenvalue weighted by atomic mass is 15.2. The summed E-state index contributed by atoms with van der Waals surface area (Å²) in [5.41, 5.74) is 5.50. The number of piperazine rings is 1. The van der Waals surface area contributed by atoms with Crippen LogP contribution in [0.3, 0.4) is 0 Å². The van der Waals surface area contributed by atoms with Crippen LogP contribution < -0.4 is 5.32 Å². The van der Waals surface area contributed by atoms with Crippen LogP contribution in [-0.2, 0) is 13.0 Å². The van der Waals surface area contributed by atoms with E-state index in [0.29, 0.717) is 12.1 Å². The molecular weight excluding hydrogens is 332 g/mol. The molecule has 2 aliphatic rings. The summed E-state index contributed by atoms with van der Waals surface area (Å²) in [6, 6.07) is 14.3. The first-order valence-electron chi connectivity index (χ1n) is 10.3. The number of hydrogen-bond acceptors (Lipinski definition) is 4. The van der Waals surface area contributed by atoms with Crippen molar-refractivity contribution >= 4 is 0 Å². The summed E-state index contributed by atoms with van der Waals surface area (Å²) < 4.78 is 0.